The molecule has 16 heavy (non-hydrogen) atoms. The predicted octanol–water partition coefficient (Wildman–Crippen LogP) is 2.10. The lowest BCUT2D eigenvalue weighted by Crippen LogP contribution is -1.99. The predicted molar refractivity (Wildman–Crippen MR) is 60.2 cm³/mol. The molecule has 84 valence electrons. The molecule has 5 heteroatoms. The van der Waals surface area contributed by atoms with E-state index in [0.717, 1.165) is 11.6 Å². The fraction of sp³-hybridized carbons (Fsp3) is 0.0909. The highest BCUT2D eigenvalue weighted by Gasteiger charge is 2.15. The summed E-state index contributed by atoms with van der Waals surface area (Å²) in [5.41, 5.74) is 0.944. The molecule has 0 saturated carbocycles. The molecular weight excluding hydrogens is 228 g/mol. The first kappa shape index (κ1) is 10.9. The van der Waals surface area contributed by atoms with Crippen molar-refractivity contribution in [1.29, 1.82) is 0 Å². The van der Waals surface area contributed by atoms with Crippen LogP contribution in [-0.4, -0.2) is 18.1 Å². The van der Waals surface area contributed by atoms with E-state index < -0.39 is 10.1 Å². The first-order valence-electron chi connectivity index (χ1n) is 4.59. The number of hydrogen-bond acceptors (Lipinski definition) is 3. The second kappa shape index (κ2) is 3.47. The lowest BCUT2D eigenvalue weighted by atomic mass is 10.1. The van der Waals surface area contributed by atoms with Crippen molar-refractivity contribution in [2.45, 2.75) is 11.8 Å². The molecule has 0 atom stereocenters. The molecule has 0 spiro atoms. The van der Waals surface area contributed by atoms with Crippen molar-refractivity contribution < 1.29 is 18.1 Å². The number of phenolic OH excluding ortho intramolecular Hbond substituents is 1. The van der Waals surface area contributed by atoms with E-state index in [2.05, 4.69) is 0 Å². The lowest BCUT2D eigenvalue weighted by Gasteiger charge is -2.05. The van der Waals surface area contributed by atoms with Crippen LogP contribution in [0.3, 0.4) is 0 Å². The maximum absolute atomic E-state index is 11.1. The Morgan fingerprint density at radius 2 is 1.81 bits per heavy atom. The molecule has 0 aliphatic rings. The van der Waals surface area contributed by atoms with Gasteiger partial charge in [0.25, 0.3) is 10.1 Å². The van der Waals surface area contributed by atoms with Crippen LogP contribution in [0.5, 0.6) is 5.75 Å². The van der Waals surface area contributed by atoms with Crippen molar-refractivity contribution in [3.05, 3.63) is 35.9 Å². The lowest BCUT2D eigenvalue weighted by molar-refractivity contribution is 0.468. The number of aromatic hydroxyl groups is 1. The van der Waals surface area contributed by atoms with Gasteiger partial charge in [-0.3, -0.25) is 4.55 Å². The van der Waals surface area contributed by atoms with Gasteiger partial charge in [0.15, 0.2) is 0 Å². The standard InChI is InChI=1S/C11H10O4S/c1-7-2-3-10-8(4-7)5-9(12)6-11(10)16(13,14)15/h2-6,12H,1H3,(H,13,14,15). The van der Waals surface area contributed by atoms with Gasteiger partial charge in [-0.2, -0.15) is 8.42 Å². The molecule has 2 aromatic rings. The van der Waals surface area contributed by atoms with Crippen LogP contribution in [-0.2, 0) is 10.1 Å². The maximum atomic E-state index is 11.1. The number of rotatable bonds is 1. The van der Waals surface area contributed by atoms with Crippen molar-refractivity contribution in [2.24, 2.45) is 0 Å². The van der Waals surface area contributed by atoms with Gasteiger partial charge in [0.2, 0.25) is 0 Å². The van der Waals surface area contributed by atoms with Crippen molar-refractivity contribution in [1.82, 2.24) is 0 Å². The Hall–Kier alpha value is -1.59. The summed E-state index contributed by atoms with van der Waals surface area (Å²) in [5, 5.41) is 10.4. The number of phenols is 1. The van der Waals surface area contributed by atoms with Crippen LogP contribution in [0.2, 0.25) is 0 Å². The molecule has 2 N–H and O–H groups in total. The fourth-order valence-corrected chi connectivity index (χ4v) is 2.39. The van der Waals surface area contributed by atoms with E-state index in [1.165, 1.54) is 6.07 Å². The molecule has 0 aliphatic heterocycles. The first-order chi connectivity index (χ1) is 7.38. The van der Waals surface area contributed by atoms with E-state index in [1.807, 2.05) is 6.92 Å². The maximum Gasteiger partial charge on any atom is 0.295 e. The fourth-order valence-electron chi connectivity index (χ4n) is 1.65. The zero-order valence-corrected chi connectivity index (χ0v) is 9.32. The second-order valence-corrected chi connectivity index (χ2v) is 5.03. The molecule has 4 nitrogen and oxygen atoms in total. The minimum Gasteiger partial charge on any atom is -0.508 e. The largest absolute Gasteiger partial charge is 0.508 e. The molecule has 0 aliphatic carbocycles. The topological polar surface area (TPSA) is 74.6 Å². The molecule has 2 rings (SSSR count). The van der Waals surface area contributed by atoms with Gasteiger partial charge < -0.3 is 5.11 Å². The van der Waals surface area contributed by atoms with Gasteiger partial charge in [0, 0.05) is 11.5 Å². The molecule has 0 bridgehead atoms. The Morgan fingerprint density at radius 1 is 1.12 bits per heavy atom. The van der Waals surface area contributed by atoms with E-state index >= 15 is 0 Å². The Morgan fingerprint density at radius 3 is 2.44 bits per heavy atom. The number of benzene rings is 2. The molecule has 0 amide bonds. The third kappa shape index (κ3) is 1.87. The van der Waals surface area contributed by atoms with Gasteiger partial charge in [-0.15, -0.1) is 0 Å². The number of aryl methyl sites for hydroxylation is 1. The van der Waals surface area contributed by atoms with Crippen molar-refractivity contribution in [3.63, 3.8) is 0 Å². The van der Waals surface area contributed by atoms with Crippen molar-refractivity contribution in [2.75, 3.05) is 0 Å². The van der Waals surface area contributed by atoms with Crippen LogP contribution >= 0.6 is 0 Å². The Bertz CT molecular complexity index is 654. The van der Waals surface area contributed by atoms with Gasteiger partial charge in [-0.25, -0.2) is 0 Å². The Kier molecular flexibility index (Phi) is 2.36. The highest BCUT2D eigenvalue weighted by Crippen LogP contribution is 2.28. The highest BCUT2D eigenvalue weighted by atomic mass is 32.2. The van der Waals surface area contributed by atoms with E-state index in [0.29, 0.717) is 10.8 Å². The molecule has 0 saturated heterocycles. The minimum atomic E-state index is -4.32. The zero-order valence-electron chi connectivity index (χ0n) is 8.51. The van der Waals surface area contributed by atoms with E-state index in [-0.39, 0.29) is 10.6 Å². The molecule has 0 unspecified atom stereocenters. The molecular formula is C11H10O4S. The number of hydrogen-bond donors (Lipinski definition) is 2. The highest BCUT2D eigenvalue weighted by molar-refractivity contribution is 7.86. The summed E-state index contributed by atoms with van der Waals surface area (Å²) in [4.78, 5) is -0.275. The monoisotopic (exact) mass is 238 g/mol. The van der Waals surface area contributed by atoms with Crippen molar-refractivity contribution >= 4 is 20.9 Å². The summed E-state index contributed by atoms with van der Waals surface area (Å²) in [6, 6.07) is 7.58. The summed E-state index contributed by atoms with van der Waals surface area (Å²) in [6.07, 6.45) is 0. The zero-order chi connectivity index (χ0) is 11.9. The average molecular weight is 238 g/mol. The molecule has 0 fully saturated rings. The summed E-state index contributed by atoms with van der Waals surface area (Å²) in [5.74, 6) is -0.189. The number of fused-ring (bicyclic) bond motifs is 1. The van der Waals surface area contributed by atoms with Crippen LogP contribution in [0.4, 0.5) is 0 Å². The van der Waals surface area contributed by atoms with E-state index in [9.17, 15) is 13.5 Å². The van der Waals surface area contributed by atoms with Gasteiger partial charge in [-0.1, -0.05) is 23.8 Å². The van der Waals surface area contributed by atoms with Gasteiger partial charge >= 0.3 is 0 Å². The normalized spacial score (nSPS) is 11.9. The smallest absolute Gasteiger partial charge is 0.295 e. The second-order valence-electron chi connectivity index (χ2n) is 3.64. The summed E-state index contributed by atoms with van der Waals surface area (Å²) in [6.45, 7) is 1.86. The SMILES string of the molecule is Cc1ccc2c(S(=O)(=O)O)cc(O)cc2c1. The summed E-state index contributed by atoms with van der Waals surface area (Å²) in [7, 11) is -4.32. The molecule has 0 radical (unpaired) electrons. The molecule has 2 aromatic carbocycles. The third-order valence-corrected chi connectivity index (χ3v) is 3.23. The van der Waals surface area contributed by atoms with Crippen LogP contribution in [0, 0.1) is 6.92 Å². The summed E-state index contributed by atoms with van der Waals surface area (Å²) < 4.78 is 31.3. The van der Waals surface area contributed by atoms with Crippen LogP contribution < -0.4 is 0 Å². The van der Waals surface area contributed by atoms with Crippen LogP contribution in [0.25, 0.3) is 10.8 Å². The molecule has 0 aromatic heterocycles. The minimum absolute atomic E-state index is 0.189. The first-order valence-corrected chi connectivity index (χ1v) is 6.03. The van der Waals surface area contributed by atoms with Gasteiger partial charge in [-0.05, 0) is 18.4 Å². The summed E-state index contributed by atoms with van der Waals surface area (Å²) >= 11 is 0. The average Bonchev–Trinajstić information content (AvgIpc) is 2.14. The third-order valence-electron chi connectivity index (χ3n) is 2.33. The van der Waals surface area contributed by atoms with Gasteiger partial charge in [0.05, 0.1) is 0 Å². The molecule has 0 heterocycles. The van der Waals surface area contributed by atoms with Gasteiger partial charge in [0.1, 0.15) is 10.6 Å². The quantitative estimate of drug-likeness (QED) is 0.746. The Balaban J connectivity index is 2.94. The van der Waals surface area contributed by atoms with Crippen LogP contribution in [0.1, 0.15) is 5.56 Å². The van der Waals surface area contributed by atoms with Crippen LogP contribution in [0.15, 0.2) is 35.2 Å². The van der Waals surface area contributed by atoms with Crippen molar-refractivity contribution in [3.8, 4) is 5.75 Å². The van der Waals surface area contributed by atoms with E-state index in [1.54, 1.807) is 18.2 Å². The van der Waals surface area contributed by atoms with E-state index in [4.69, 9.17) is 4.55 Å². The Labute approximate surface area is 92.9 Å².